The summed E-state index contributed by atoms with van der Waals surface area (Å²) < 4.78 is 17.7. The van der Waals surface area contributed by atoms with Gasteiger partial charge in [-0.2, -0.15) is 0 Å². The Hall–Kier alpha value is -1.68. The van der Waals surface area contributed by atoms with E-state index >= 15 is 0 Å². The molecule has 0 aliphatic heterocycles. The smallest absolute Gasteiger partial charge is 0.338 e. The van der Waals surface area contributed by atoms with Crippen molar-refractivity contribution in [1.82, 2.24) is 0 Å². The van der Waals surface area contributed by atoms with Crippen LogP contribution in [0.15, 0.2) is 42.5 Å². The molecular weight excluding hydrogens is 335 g/mol. The average molecular weight is 351 g/mol. The minimum absolute atomic E-state index is 0.240. The van der Waals surface area contributed by atoms with Crippen LogP contribution in [0.4, 0.5) is 4.39 Å². The zero-order chi connectivity index (χ0) is 15.2. The molecule has 2 aromatic rings. The number of benzene rings is 2. The first kappa shape index (κ1) is 15.7. The molecule has 0 unspecified atom stereocenters. The van der Waals surface area contributed by atoms with Crippen LogP contribution in [0.25, 0.3) is 0 Å². The molecule has 0 aliphatic carbocycles. The summed E-state index contributed by atoms with van der Waals surface area (Å²) >= 11 is 3.38. The normalized spacial score (nSPS) is 10.4. The number of esters is 1. The molecule has 2 nitrogen and oxygen atoms in total. The summed E-state index contributed by atoms with van der Waals surface area (Å²) in [4.78, 5) is 11.9. The van der Waals surface area contributed by atoms with Gasteiger partial charge in [0.25, 0.3) is 0 Å². The Bertz CT molecular complexity index is 623. The third-order valence-electron chi connectivity index (χ3n) is 3.33. The fraction of sp³-hybridized carbons (Fsp3) is 0.235. The highest BCUT2D eigenvalue weighted by atomic mass is 79.9. The van der Waals surface area contributed by atoms with Crippen molar-refractivity contribution in [2.24, 2.45) is 0 Å². The number of aryl methyl sites for hydroxylation is 2. The van der Waals surface area contributed by atoms with Crippen molar-refractivity contribution in [3.63, 3.8) is 0 Å². The third kappa shape index (κ3) is 4.14. The zero-order valence-corrected chi connectivity index (χ0v) is 13.3. The standard InChI is InChI=1S/C17H16BrFO2/c1-21-17(20)16-10-13(11-18)3-7-14(16)6-2-12-4-8-15(19)9-5-12/h3-5,7-10H,2,6,11H2,1H3. The largest absolute Gasteiger partial charge is 0.465 e. The molecule has 0 aliphatic rings. The van der Waals surface area contributed by atoms with Gasteiger partial charge in [0, 0.05) is 5.33 Å². The van der Waals surface area contributed by atoms with Gasteiger partial charge in [0.1, 0.15) is 5.82 Å². The van der Waals surface area contributed by atoms with Crippen molar-refractivity contribution in [3.05, 3.63) is 70.5 Å². The van der Waals surface area contributed by atoms with Gasteiger partial charge >= 0.3 is 5.97 Å². The number of carbonyl (C=O) groups is 1. The number of carbonyl (C=O) groups excluding carboxylic acids is 1. The number of rotatable bonds is 5. The van der Waals surface area contributed by atoms with E-state index in [0.717, 1.165) is 23.1 Å². The highest BCUT2D eigenvalue weighted by molar-refractivity contribution is 9.08. The average Bonchev–Trinajstić information content (AvgIpc) is 2.53. The summed E-state index contributed by atoms with van der Waals surface area (Å²) in [7, 11) is 1.38. The summed E-state index contributed by atoms with van der Waals surface area (Å²) in [5.74, 6) is -0.567. The van der Waals surface area contributed by atoms with E-state index in [1.165, 1.54) is 19.2 Å². The fourth-order valence-corrected chi connectivity index (χ4v) is 2.50. The van der Waals surface area contributed by atoms with Crippen LogP contribution in [-0.2, 0) is 22.9 Å². The lowest BCUT2D eigenvalue weighted by atomic mass is 9.98. The Morgan fingerprint density at radius 3 is 2.38 bits per heavy atom. The van der Waals surface area contributed by atoms with Crippen LogP contribution in [0.5, 0.6) is 0 Å². The molecule has 0 N–H and O–H groups in total. The molecule has 110 valence electrons. The fourth-order valence-electron chi connectivity index (χ4n) is 2.15. The minimum atomic E-state index is -0.327. The number of halogens is 2. The van der Waals surface area contributed by atoms with E-state index in [2.05, 4.69) is 15.9 Å². The number of methoxy groups -OCH3 is 1. The van der Waals surface area contributed by atoms with Crippen molar-refractivity contribution in [1.29, 1.82) is 0 Å². The molecule has 0 spiro atoms. The Labute approximate surface area is 132 Å². The molecule has 21 heavy (non-hydrogen) atoms. The summed E-state index contributed by atoms with van der Waals surface area (Å²) in [5.41, 5.74) is 3.60. The van der Waals surface area contributed by atoms with Crippen LogP contribution in [-0.4, -0.2) is 13.1 Å². The van der Waals surface area contributed by atoms with E-state index in [4.69, 9.17) is 4.74 Å². The second kappa shape index (κ2) is 7.36. The molecule has 0 fully saturated rings. The van der Waals surface area contributed by atoms with Crippen molar-refractivity contribution in [3.8, 4) is 0 Å². The lowest BCUT2D eigenvalue weighted by Crippen LogP contribution is -2.07. The van der Waals surface area contributed by atoms with E-state index in [-0.39, 0.29) is 11.8 Å². The Balaban J connectivity index is 2.18. The van der Waals surface area contributed by atoms with Crippen molar-refractivity contribution in [2.45, 2.75) is 18.2 Å². The molecule has 4 heteroatoms. The highest BCUT2D eigenvalue weighted by Gasteiger charge is 2.12. The van der Waals surface area contributed by atoms with Gasteiger partial charge < -0.3 is 4.74 Å². The van der Waals surface area contributed by atoms with Gasteiger partial charge in [0.15, 0.2) is 0 Å². The van der Waals surface area contributed by atoms with Crippen LogP contribution in [0.2, 0.25) is 0 Å². The van der Waals surface area contributed by atoms with Gasteiger partial charge in [-0.3, -0.25) is 0 Å². The molecule has 2 rings (SSSR count). The zero-order valence-electron chi connectivity index (χ0n) is 11.7. The van der Waals surface area contributed by atoms with E-state index in [1.54, 1.807) is 12.1 Å². The number of hydrogen-bond donors (Lipinski definition) is 0. The van der Waals surface area contributed by atoms with Crippen molar-refractivity contribution < 1.29 is 13.9 Å². The highest BCUT2D eigenvalue weighted by Crippen LogP contribution is 2.18. The van der Waals surface area contributed by atoms with E-state index < -0.39 is 0 Å². The molecule has 0 saturated heterocycles. The van der Waals surface area contributed by atoms with E-state index in [0.29, 0.717) is 17.3 Å². The van der Waals surface area contributed by atoms with Crippen LogP contribution in [0.3, 0.4) is 0 Å². The first-order chi connectivity index (χ1) is 10.1. The summed E-state index contributed by atoms with van der Waals surface area (Å²) in [6.45, 7) is 0. The monoisotopic (exact) mass is 350 g/mol. The third-order valence-corrected chi connectivity index (χ3v) is 3.98. The summed E-state index contributed by atoms with van der Waals surface area (Å²) in [5, 5.41) is 0.690. The van der Waals surface area contributed by atoms with Gasteiger partial charge in [-0.1, -0.05) is 40.2 Å². The number of hydrogen-bond acceptors (Lipinski definition) is 2. The van der Waals surface area contributed by atoms with Crippen molar-refractivity contribution in [2.75, 3.05) is 7.11 Å². The van der Waals surface area contributed by atoms with Crippen LogP contribution >= 0.6 is 15.9 Å². The maximum atomic E-state index is 12.9. The predicted molar refractivity (Wildman–Crippen MR) is 84.2 cm³/mol. The van der Waals surface area contributed by atoms with Gasteiger partial charge in [-0.05, 0) is 47.7 Å². The lowest BCUT2D eigenvalue weighted by Gasteiger charge is -2.10. The second-order valence-corrected chi connectivity index (χ2v) is 5.30. The molecule has 2 aromatic carbocycles. The first-order valence-electron chi connectivity index (χ1n) is 6.64. The Morgan fingerprint density at radius 2 is 1.76 bits per heavy atom. The first-order valence-corrected chi connectivity index (χ1v) is 7.76. The predicted octanol–water partition coefficient (Wildman–Crippen LogP) is 4.29. The lowest BCUT2D eigenvalue weighted by molar-refractivity contribution is 0.0599. The molecule has 0 saturated carbocycles. The molecule has 0 heterocycles. The maximum absolute atomic E-state index is 12.9. The van der Waals surface area contributed by atoms with Gasteiger partial charge in [-0.25, -0.2) is 9.18 Å². The maximum Gasteiger partial charge on any atom is 0.338 e. The molecular formula is C17H16BrFO2. The van der Waals surface area contributed by atoms with Crippen molar-refractivity contribution >= 4 is 21.9 Å². The van der Waals surface area contributed by atoms with Gasteiger partial charge in [-0.15, -0.1) is 0 Å². The van der Waals surface area contributed by atoms with E-state index in [1.807, 2.05) is 18.2 Å². The van der Waals surface area contributed by atoms with Crippen LogP contribution in [0, 0.1) is 5.82 Å². The molecule has 0 radical (unpaired) electrons. The molecule has 0 bridgehead atoms. The van der Waals surface area contributed by atoms with E-state index in [9.17, 15) is 9.18 Å². The van der Waals surface area contributed by atoms with Gasteiger partial charge in [0.2, 0.25) is 0 Å². The summed E-state index contributed by atoms with van der Waals surface area (Å²) in [6.07, 6.45) is 1.45. The number of alkyl halides is 1. The minimum Gasteiger partial charge on any atom is -0.465 e. The molecule has 0 aromatic heterocycles. The second-order valence-electron chi connectivity index (χ2n) is 4.74. The molecule has 0 atom stereocenters. The SMILES string of the molecule is COC(=O)c1cc(CBr)ccc1CCc1ccc(F)cc1. The Morgan fingerprint density at radius 1 is 1.10 bits per heavy atom. The topological polar surface area (TPSA) is 26.3 Å². The van der Waals surface area contributed by atoms with Gasteiger partial charge in [0.05, 0.1) is 12.7 Å². The molecule has 0 amide bonds. The van der Waals surface area contributed by atoms with Crippen LogP contribution < -0.4 is 0 Å². The summed E-state index contributed by atoms with van der Waals surface area (Å²) in [6, 6.07) is 12.2. The number of ether oxygens (including phenoxy) is 1. The van der Waals surface area contributed by atoms with Crippen LogP contribution in [0.1, 0.15) is 27.0 Å². The Kier molecular flexibility index (Phi) is 5.51. The quantitative estimate of drug-likeness (QED) is 0.593.